The number of halogens is 1. The van der Waals surface area contributed by atoms with Gasteiger partial charge in [0, 0.05) is 11.6 Å². The molecule has 0 amide bonds. The van der Waals surface area contributed by atoms with Crippen LogP contribution in [0.4, 0.5) is 4.39 Å². The third kappa shape index (κ3) is 2.23. The molecular formula is C11H16FNO. The molecule has 14 heavy (non-hydrogen) atoms. The van der Waals surface area contributed by atoms with Crippen molar-refractivity contribution in [2.24, 2.45) is 5.73 Å². The summed E-state index contributed by atoms with van der Waals surface area (Å²) in [5, 5.41) is 0. The second-order valence-corrected chi connectivity index (χ2v) is 3.25. The molecule has 0 heterocycles. The van der Waals surface area contributed by atoms with Crippen LogP contribution in [-0.2, 0) is 0 Å². The molecular weight excluding hydrogens is 181 g/mol. The van der Waals surface area contributed by atoms with Crippen LogP contribution in [-0.4, -0.2) is 7.11 Å². The summed E-state index contributed by atoms with van der Waals surface area (Å²) in [7, 11) is 1.52. The zero-order valence-electron chi connectivity index (χ0n) is 8.59. The van der Waals surface area contributed by atoms with Gasteiger partial charge in [-0.1, -0.05) is 19.4 Å². The van der Waals surface area contributed by atoms with E-state index in [1.807, 2.05) is 6.92 Å². The van der Waals surface area contributed by atoms with E-state index < -0.39 is 0 Å². The van der Waals surface area contributed by atoms with Crippen LogP contribution >= 0.6 is 0 Å². The first kappa shape index (κ1) is 11.0. The lowest BCUT2D eigenvalue weighted by Crippen LogP contribution is -2.13. The van der Waals surface area contributed by atoms with Crippen LogP contribution in [0.2, 0.25) is 0 Å². The minimum atomic E-state index is -0.287. The Labute approximate surface area is 83.9 Å². The quantitative estimate of drug-likeness (QED) is 0.805. The van der Waals surface area contributed by atoms with E-state index in [1.165, 1.54) is 13.2 Å². The van der Waals surface area contributed by atoms with E-state index >= 15 is 0 Å². The zero-order valence-corrected chi connectivity index (χ0v) is 8.59. The van der Waals surface area contributed by atoms with E-state index in [0.29, 0.717) is 11.3 Å². The van der Waals surface area contributed by atoms with Crippen LogP contribution in [0.1, 0.15) is 31.4 Å². The minimum absolute atomic E-state index is 0.281. The monoisotopic (exact) mass is 197 g/mol. The van der Waals surface area contributed by atoms with Crippen molar-refractivity contribution in [1.82, 2.24) is 0 Å². The van der Waals surface area contributed by atoms with Gasteiger partial charge in [-0.05, 0) is 18.6 Å². The maximum absolute atomic E-state index is 13.5. The van der Waals surface area contributed by atoms with Gasteiger partial charge in [-0.2, -0.15) is 0 Å². The normalized spacial score (nSPS) is 12.6. The van der Waals surface area contributed by atoms with Gasteiger partial charge in [0.15, 0.2) is 0 Å². The van der Waals surface area contributed by atoms with Crippen molar-refractivity contribution in [3.63, 3.8) is 0 Å². The molecule has 78 valence electrons. The van der Waals surface area contributed by atoms with E-state index in [-0.39, 0.29) is 11.9 Å². The molecule has 0 radical (unpaired) electrons. The van der Waals surface area contributed by atoms with Crippen molar-refractivity contribution in [3.8, 4) is 5.75 Å². The van der Waals surface area contributed by atoms with Gasteiger partial charge in [-0.15, -0.1) is 0 Å². The van der Waals surface area contributed by atoms with Crippen molar-refractivity contribution in [1.29, 1.82) is 0 Å². The molecule has 0 aliphatic heterocycles. The lowest BCUT2D eigenvalue weighted by Gasteiger charge is -2.15. The van der Waals surface area contributed by atoms with Crippen molar-refractivity contribution < 1.29 is 9.13 Å². The third-order valence-electron chi connectivity index (χ3n) is 2.20. The Morgan fingerprint density at radius 1 is 1.50 bits per heavy atom. The van der Waals surface area contributed by atoms with E-state index in [2.05, 4.69) is 0 Å². The Morgan fingerprint density at radius 3 is 2.79 bits per heavy atom. The number of benzene rings is 1. The van der Waals surface area contributed by atoms with Gasteiger partial charge >= 0.3 is 0 Å². The van der Waals surface area contributed by atoms with Gasteiger partial charge in [0.25, 0.3) is 0 Å². The summed E-state index contributed by atoms with van der Waals surface area (Å²) in [5.41, 5.74) is 6.35. The fraction of sp³-hybridized carbons (Fsp3) is 0.455. The highest BCUT2D eigenvalue weighted by Crippen LogP contribution is 2.28. The minimum Gasteiger partial charge on any atom is -0.496 e. The predicted octanol–water partition coefficient (Wildman–Crippen LogP) is 2.63. The molecule has 3 heteroatoms. The van der Waals surface area contributed by atoms with E-state index in [4.69, 9.17) is 10.5 Å². The van der Waals surface area contributed by atoms with Crippen LogP contribution < -0.4 is 10.5 Å². The van der Waals surface area contributed by atoms with Crippen LogP contribution in [0.5, 0.6) is 5.75 Å². The fourth-order valence-corrected chi connectivity index (χ4v) is 1.51. The molecule has 0 saturated heterocycles. The standard InChI is InChI=1S/C11H16FNO/c1-3-5-9(13)11-8(12)6-4-7-10(11)14-2/h4,6-7,9H,3,5,13H2,1-2H3/t9-/m0/s1. The Bertz CT molecular complexity index is 301. The molecule has 0 fully saturated rings. The molecule has 1 rings (SSSR count). The van der Waals surface area contributed by atoms with Crippen LogP contribution in [0.15, 0.2) is 18.2 Å². The lowest BCUT2D eigenvalue weighted by molar-refractivity contribution is 0.397. The molecule has 1 aromatic rings. The molecule has 0 saturated carbocycles. The smallest absolute Gasteiger partial charge is 0.131 e. The summed E-state index contributed by atoms with van der Waals surface area (Å²) in [6, 6.07) is 4.48. The molecule has 0 unspecified atom stereocenters. The number of nitrogens with two attached hydrogens (primary N) is 1. The van der Waals surface area contributed by atoms with E-state index in [1.54, 1.807) is 12.1 Å². The molecule has 2 nitrogen and oxygen atoms in total. The van der Waals surface area contributed by atoms with E-state index in [0.717, 1.165) is 12.8 Å². The summed E-state index contributed by atoms with van der Waals surface area (Å²) < 4.78 is 18.5. The second kappa shape index (κ2) is 4.96. The Hall–Kier alpha value is -1.09. The van der Waals surface area contributed by atoms with Gasteiger partial charge in [-0.3, -0.25) is 0 Å². The van der Waals surface area contributed by atoms with Crippen LogP contribution in [0.3, 0.4) is 0 Å². The van der Waals surface area contributed by atoms with Crippen molar-refractivity contribution in [3.05, 3.63) is 29.6 Å². The number of hydrogen-bond donors (Lipinski definition) is 1. The first-order valence-electron chi connectivity index (χ1n) is 4.78. The molecule has 2 N–H and O–H groups in total. The van der Waals surface area contributed by atoms with Gasteiger partial charge in [0.05, 0.1) is 7.11 Å². The second-order valence-electron chi connectivity index (χ2n) is 3.25. The highest BCUT2D eigenvalue weighted by molar-refractivity contribution is 5.36. The molecule has 0 aromatic heterocycles. The van der Waals surface area contributed by atoms with Gasteiger partial charge in [-0.25, -0.2) is 4.39 Å². The molecule has 0 aliphatic rings. The average Bonchev–Trinajstić information content (AvgIpc) is 2.17. The average molecular weight is 197 g/mol. The highest BCUT2D eigenvalue weighted by Gasteiger charge is 2.15. The molecule has 0 aliphatic carbocycles. The van der Waals surface area contributed by atoms with Gasteiger partial charge in [0.1, 0.15) is 11.6 Å². The van der Waals surface area contributed by atoms with Crippen molar-refractivity contribution in [2.75, 3.05) is 7.11 Å². The third-order valence-corrected chi connectivity index (χ3v) is 2.20. The number of rotatable bonds is 4. The summed E-state index contributed by atoms with van der Waals surface area (Å²) in [5.74, 6) is 0.247. The van der Waals surface area contributed by atoms with Crippen LogP contribution in [0, 0.1) is 5.82 Å². The fourth-order valence-electron chi connectivity index (χ4n) is 1.51. The number of methoxy groups -OCH3 is 1. The van der Waals surface area contributed by atoms with E-state index in [9.17, 15) is 4.39 Å². The number of hydrogen-bond acceptors (Lipinski definition) is 2. The summed E-state index contributed by atoms with van der Waals surface area (Å²) >= 11 is 0. The maximum atomic E-state index is 13.5. The topological polar surface area (TPSA) is 35.2 Å². The van der Waals surface area contributed by atoms with Crippen LogP contribution in [0.25, 0.3) is 0 Å². The summed E-state index contributed by atoms with van der Waals surface area (Å²) in [4.78, 5) is 0. The van der Waals surface area contributed by atoms with Gasteiger partial charge < -0.3 is 10.5 Å². The molecule has 1 aromatic carbocycles. The lowest BCUT2D eigenvalue weighted by atomic mass is 10.0. The highest BCUT2D eigenvalue weighted by atomic mass is 19.1. The molecule has 0 spiro atoms. The molecule has 1 atom stereocenters. The summed E-state index contributed by atoms with van der Waals surface area (Å²) in [6.07, 6.45) is 1.69. The summed E-state index contributed by atoms with van der Waals surface area (Å²) in [6.45, 7) is 2.02. The Balaban J connectivity index is 3.03. The zero-order chi connectivity index (χ0) is 10.6. The predicted molar refractivity (Wildman–Crippen MR) is 54.8 cm³/mol. The molecule has 0 bridgehead atoms. The maximum Gasteiger partial charge on any atom is 0.131 e. The largest absolute Gasteiger partial charge is 0.496 e. The Kier molecular flexibility index (Phi) is 3.89. The Morgan fingerprint density at radius 2 is 2.21 bits per heavy atom. The van der Waals surface area contributed by atoms with Crippen molar-refractivity contribution >= 4 is 0 Å². The number of ether oxygens (including phenoxy) is 1. The first-order valence-corrected chi connectivity index (χ1v) is 4.78. The first-order chi connectivity index (χ1) is 6.70. The SMILES string of the molecule is CCC[C@H](N)c1c(F)cccc1OC. The van der Waals surface area contributed by atoms with Crippen molar-refractivity contribution in [2.45, 2.75) is 25.8 Å². The van der Waals surface area contributed by atoms with Gasteiger partial charge in [0.2, 0.25) is 0 Å².